The summed E-state index contributed by atoms with van der Waals surface area (Å²) in [4.78, 5) is 10.9. The van der Waals surface area contributed by atoms with Crippen LogP contribution in [0.2, 0.25) is 0 Å². The molecule has 0 aromatic heterocycles. The van der Waals surface area contributed by atoms with Crippen LogP contribution >= 0.6 is 0 Å². The quantitative estimate of drug-likeness (QED) is 0.809. The first-order chi connectivity index (χ1) is 9.30. The third-order valence-electron chi connectivity index (χ3n) is 3.50. The van der Waals surface area contributed by atoms with Crippen molar-refractivity contribution in [1.29, 1.82) is 0 Å². The minimum Gasteiger partial charge on any atom is -0.481 e. The van der Waals surface area contributed by atoms with Crippen LogP contribution in [0, 0.1) is 11.8 Å². The van der Waals surface area contributed by atoms with E-state index in [0.29, 0.717) is 4.31 Å². The summed E-state index contributed by atoms with van der Waals surface area (Å²) in [6, 6.07) is 0. The van der Waals surface area contributed by atoms with Crippen molar-refractivity contribution in [3.8, 4) is 0 Å². The number of carboxylic acids is 1. The zero-order valence-electron chi connectivity index (χ0n) is 11.8. The van der Waals surface area contributed by atoms with Crippen molar-refractivity contribution in [3.05, 3.63) is 0 Å². The van der Waals surface area contributed by atoms with E-state index < -0.39 is 58.4 Å². The largest absolute Gasteiger partial charge is 0.481 e. The number of halogens is 3. The summed E-state index contributed by atoms with van der Waals surface area (Å²) in [5, 5.41) is 8.86. The van der Waals surface area contributed by atoms with E-state index in [1.54, 1.807) is 0 Å². The fraction of sp³-hybridized carbons (Fsp3) is 0.909. The Labute approximate surface area is 120 Å². The average Bonchev–Trinajstić information content (AvgIpc) is 2.72. The minimum atomic E-state index is -4.76. The van der Waals surface area contributed by atoms with Crippen molar-refractivity contribution in [2.75, 3.05) is 26.0 Å². The average molecular weight is 333 g/mol. The Morgan fingerprint density at radius 3 is 2.19 bits per heavy atom. The van der Waals surface area contributed by atoms with Crippen molar-refractivity contribution >= 4 is 16.0 Å². The third kappa shape index (κ3) is 4.30. The number of carbonyl (C=O) groups is 1. The van der Waals surface area contributed by atoms with E-state index in [2.05, 4.69) is 0 Å². The molecule has 1 saturated heterocycles. The van der Waals surface area contributed by atoms with Gasteiger partial charge in [0.2, 0.25) is 10.0 Å². The van der Waals surface area contributed by atoms with E-state index in [4.69, 9.17) is 9.84 Å². The molecule has 0 unspecified atom stereocenters. The van der Waals surface area contributed by atoms with Gasteiger partial charge < -0.3 is 9.84 Å². The van der Waals surface area contributed by atoms with Crippen LogP contribution in [-0.4, -0.2) is 61.5 Å². The van der Waals surface area contributed by atoms with Gasteiger partial charge in [-0.15, -0.1) is 0 Å². The molecule has 1 aliphatic rings. The predicted octanol–water partition coefficient (Wildman–Crippen LogP) is 0.936. The summed E-state index contributed by atoms with van der Waals surface area (Å²) in [7, 11) is -2.75. The Morgan fingerprint density at radius 2 is 1.86 bits per heavy atom. The first-order valence-corrected chi connectivity index (χ1v) is 7.73. The molecule has 0 aromatic rings. The molecule has 0 amide bonds. The smallest absolute Gasteiger partial charge is 0.393 e. The highest BCUT2D eigenvalue weighted by atomic mass is 32.2. The molecular formula is C11H18F3NO5S. The van der Waals surface area contributed by atoms with E-state index in [9.17, 15) is 26.4 Å². The number of nitrogens with zero attached hydrogens (tertiary/aromatic N) is 1. The molecule has 0 bridgehead atoms. The minimum absolute atomic E-state index is 0.520. The Kier molecular flexibility index (Phi) is 4.96. The molecule has 1 aliphatic heterocycles. The number of sulfonamides is 1. The Hall–Kier alpha value is -0.870. The number of alkyl halides is 3. The molecule has 2 atom stereocenters. The van der Waals surface area contributed by atoms with Crippen LogP contribution in [0.3, 0.4) is 0 Å². The molecule has 0 saturated carbocycles. The van der Waals surface area contributed by atoms with E-state index in [0.717, 1.165) is 0 Å². The van der Waals surface area contributed by atoms with Crippen molar-refractivity contribution in [2.45, 2.75) is 25.6 Å². The molecule has 10 heteroatoms. The van der Waals surface area contributed by atoms with Crippen LogP contribution in [0.25, 0.3) is 0 Å². The molecule has 0 aliphatic carbocycles. The van der Waals surface area contributed by atoms with Gasteiger partial charge in [-0.3, -0.25) is 4.79 Å². The van der Waals surface area contributed by atoms with E-state index in [1.807, 2.05) is 0 Å². The highest BCUT2D eigenvalue weighted by Crippen LogP contribution is 2.39. The van der Waals surface area contributed by atoms with E-state index >= 15 is 0 Å². The second-order valence-corrected chi connectivity index (χ2v) is 7.60. The lowest BCUT2D eigenvalue weighted by atomic mass is 9.96. The van der Waals surface area contributed by atoms with Crippen LogP contribution in [0.5, 0.6) is 0 Å². The van der Waals surface area contributed by atoms with Gasteiger partial charge in [0, 0.05) is 20.2 Å². The second kappa shape index (κ2) is 5.73. The number of carboxylic acid groups (broad SMARTS) is 1. The standard InChI is InChI=1S/C11H18F3NO5S/c1-10(2,20-3)6-21(18,19)15-4-7(9(16)17)8(5-15)11(12,13)14/h7-8H,4-6H2,1-3H3,(H,16,17)/t7-,8-/m1/s1. The highest BCUT2D eigenvalue weighted by Gasteiger charge is 2.55. The summed E-state index contributed by atoms with van der Waals surface area (Å²) in [5.41, 5.74) is -1.08. The van der Waals surface area contributed by atoms with Gasteiger partial charge in [-0.05, 0) is 13.8 Å². The number of rotatable bonds is 5. The molecular weight excluding hydrogens is 315 g/mol. The molecule has 1 N–H and O–H groups in total. The Bertz CT molecular complexity index is 502. The number of aliphatic carboxylic acids is 1. The second-order valence-electron chi connectivity index (χ2n) is 5.63. The maximum absolute atomic E-state index is 12.8. The van der Waals surface area contributed by atoms with Crippen molar-refractivity contribution < 1.29 is 36.2 Å². The first-order valence-electron chi connectivity index (χ1n) is 6.12. The van der Waals surface area contributed by atoms with Crippen molar-refractivity contribution in [2.24, 2.45) is 11.8 Å². The Morgan fingerprint density at radius 1 is 1.33 bits per heavy atom. The molecule has 0 radical (unpaired) electrons. The normalized spacial score (nSPS) is 25.2. The van der Waals surface area contributed by atoms with Crippen LogP contribution < -0.4 is 0 Å². The van der Waals surface area contributed by atoms with Gasteiger partial charge in [0.25, 0.3) is 0 Å². The SMILES string of the molecule is COC(C)(C)CS(=O)(=O)N1C[C@@H](C(F)(F)F)[C@H](C(=O)O)C1. The molecule has 6 nitrogen and oxygen atoms in total. The van der Waals surface area contributed by atoms with Crippen LogP contribution in [-0.2, 0) is 19.6 Å². The zero-order valence-corrected chi connectivity index (χ0v) is 12.7. The van der Waals surface area contributed by atoms with Crippen molar-refractivity contribution in [3.63, 3.8) is 0 Å². The molecule has 124 valence electrons. The van der Waals surface area contributed by atoms with Gasteiger partial charge in [-0.1, -0.05) is 0 Å². The van der Waals surface area contributed by atoms with Gasteiger partial charge in [0.15, 0.2) is 0 Å². The van der Waals surface area contributed by atoms with E-state index in [1.165, 1.54) is 21.0 Å². The Balaban J connectivity index is 2.99. The monoisotopic (exact) mass is 333 g/mol. The maximum atomic E-state index is 12.8. The van der Waals surface area contributed by atoms with E-state index in [-0.39, 0.29) is 0 Å². The summed E-state index contributed by atoms with van der Waals surface area (Å²) >= 11 is 0. The third-order valence-corrected chi connectivity index (χ3v) is 5.64. The summed E-state index contributed by atoms with van der Waals surface area (Å²) in [6.07, 6.45) is -4.76. The molecule has 1 fully saturated rings. The van der Waals surface area contributed by atoms with Gasteiger partial charge in [-0.2, -0.15) is 13.2 Å². The molecule has 1 heterocycles. The van der Waals surface area contributed by atoms with Gasteiger partial charge >= 0.3 is 12.1 Å². The van der Waals surface area contributed by atoms with Crippen LogP contribution in [0.1, 0.15) is 13.8 Å². The lowest BCUT2D eigenvalue weighted by molar-refractivity contribution is -0.187. The summed E-state index contributed by atoms with van der Waals surface area (Å²) in [5.74, 6) is -6.16. The topological polar surface area (TPSA) is 83.9 Å². The van der Waals surface area contributed by atoms with Crippen LogP contribution in [0.4, 0.5) is 13.2 Å². The van der Waals surface area contributed by atoms with Gasteiger partial charge in [-0.25, -0.2) is 12.7 Å². The number of hydrogen-bond donors (Lipinski definition) is 1. The van der Waals surface area contributed by atoms with Crippen LogP contribution in [0.15, 0.2) is 0 Å². The lowest BCUT2D eigenvalue weighted by Crippen LogP contribution is -2.41. The predicted molar refractivity (Wildman–Crippen MR) is 67.1 cm³/mol. The molecule has 21 heavy (non-hydrogen) atoms. The zero-order chi connectivity index (χ0) is 16.6. The van der Waals surface area contributed by atoms with Crippen molar-refractivity contribution in [1.82, 2.24) is 4.31 Å². The number of hydrogen-bond acceptors (Lipinski definition) is 4. The molecule has 0 aromatic carbocycles. The molecule has 1 rings (SSSR count). The molecule has 0 spiro atoms. The first kappa shape index (κ1) is 18.2. The van der Waals surface area contributed by atoms with Gasteiger partial charge in [0.1, 0.15) is 0 Å². The maximum Gasteiger partial charge on any atom is 0.393 e. The lowest BCUT2D eigenvalue weighted by Gasteiger charge is -2.26. The highest BCUT2D eigenvalue weighted by molar-refractivity contribution is 7.89. The fourth-order valence-electron chi connectivity index (χ4n) is 2.17. The number of methoxy groups -OCH3 is 1. The van der Waals surface area contributed by atoms with Gasteiger partial charge in [0.05, 0.1) is 23.2 Å². The fourth-order valence-corrected chi connectivity index (χ4v) is 4.12. The number of ether oxygens (including phenoxy) is 1. The summed E-state index contributed by atoms with van der Waals surface area (Å²) < 4.78 is 68.3. The summed E-state index contributed by atoms with van der Waals surface area (Å²) in [6.45, 7) is 1.41.